The number of rotatable bonds is 5. The van der Waals surface area contributed by atoms with Crippen LogP contribution in [0.5, 0.6) is 0 Å². The predicted octanol–water partition coefficient (Wildman–Crippen LogP) is 1.55. The van der Waals surface area contributed by atoms with Crippen LogP contribution in [0, 0.1) is 5.92 Å². The van der Waals surface area contributed by atoms with Crippen LogP contribution in [0.25, 0.3) is 0 Å². The Morgan fingerprint density at radius 2 is 1.90 bits per heavy atom. The predicted molar refractivity (Wildman–Crippen MR) is 83.9 cm³/mol. The molecule has 0 bridgehead atoms. The molecule has 0 amide bonds. The molecular formula is C16H33N3O. The molecule has 118 valence electrons. The molecule has 0 aromatic heterocycles. The van der Waals surface area contributed by atoms with E-state index < -0.39 is 0 Å². The van der Waals surface area contributed by atoms with Crippen molar-refractivity contribution < 1.29 is 4.74 Å². The van der Waals surface area contributed by atoms with Crippen molar-refractivity contribution in [2.75, 3.05) is 46.4 Å². The third-order valence-corrected chi connectivity index (χ3v) is 5.19. The highest BCUT2D eigenvalue weighted by molar-refractivity contribution is 5.02. The Hall–Kier alpha value is -0.160. The van der Waals surface area contributed by atoms with Crippen LogP contribution in [0.2, 0.25) is 0 Å². The van der Waals surface area contributed by atoms with Crippen molar-refractivity contribution in [3.05, 3.63) is 0 Å². The number of nitrogens with two attached hydrogens (primary N) is 1. The van der Waals surface area contributed by atoms with Crippen molar-refractivity contribution in [2.45, 2.75) is 51.2 Å². The summed E-state index contributed by atoms with van der Waals surface area (Å²) in [5.41, 5.74) is 6.31. The van der Waals surface area contributed by atoms with Gasteiger partial charge in [-0.15, -0.1) is 0 Å². The first kappa shape index (κ1) is 16.2. The summed E-state index contributed by atoms with van der Waals surface area (Å²) < 4.78 is 5.81. The van der Waals surface area contributed by atoms with E-state index in [0.717, 1.165) is 25.6 Å². The Morgan fingerprint density at radius 1 is 1.20 bits per heavy atom. The van der Waals surface area contributed by atoms with Crippen LogP contribution in [0.1, 0.15) is 39.5 Å². The summed E-state index contributed by atoms with van der Waals surface area (Å²) >= 11 is 0. The third kappa shape index (κ3) is 3.35. The molecule has 2 rings (SSSR count). The van der Waals surface area contributed by atoms with Crippen molar-refractivity contribution in [1.29, 1.82) is 0 Å². The number of nitrogens with zero attached hydrogens (tertiary/aromatic N) is 2. The summed E-state index contributed by atoms with van der Waals surface area (Å²) in [5.74, 6) is 0.756. The molecule has 0 radical (unpaired) electrons. The second kappa shape index (κ2) is 7.21. The lowest BCUT2D eigenvalue weighted by atomic mass is 9.77. The van der Waals surface area contributed by atoms with Gasteiger partial charge in [0.05, 0.1) is 11.6 Å². The Kier molecular flexibility index (Phi) is 5.84. The maximum atomic E-state index is 6.22. The average molecular weight is 283 g/mol. The van der Waals surface area contributed by atoms with Gasteiger partial charge in [0.25, 0.3) is 0 Å². The van der Waals surface area contributed by atoms with Crippen LogP contribution in [-0.4, -0.2) is 67.8 Å². The summed E-state index contributed by atoms with van der Waals surface area (Å²) in [6.45, 7) is 11.2. The van der Waals surface area contributed by atoms with Crippen LogP contribution in [0.15, 0.2) is 0 Å². The lowest BCUT2D eigenvalue weighted by Gasteiger charge is -2.52. The molecule has 4 heteroatoms. The van der Waals surface area contributed by atoms with Crippen molar-refractivity contribution in [2.24, 2.45) is 11.7 Å². The number of piperazine rings is 1. The van der Waals surface area contributed by atoms with Gasteiger partial charge in [-0.25, -0.2) is 0 Å². The van der Waals surface area contributed by atoms with E-state index >= 15 is 0 Å². The van der Waals surface area contributed by atoms with Gasteiger partial charge in [-0.3, -0.25) is 4.90 Å². The lowest BCUT2D eigenvalue weighted by molar-refractivity contribution is -0.0891. The SMILES string of the molecule is COC1CCCCC1(CN)N1CCN(CC(C)C)CC1. The highest BCUT2D eigenvalue weighted by atomic mass is 16.5. The molecule has 1 heterocycles. The lowest BCUT2D eigenvalue weighted by Crippen LogP contribution is -2.66. The summed E-state index contributed by atoms with van der Waals surface area (Å²) in [6.07, 6.45) is 5.26. The summed E-state index contributed by atoms with van der Waals surface area (Å²) in [6, 6.07) is 0. The van der Waals surface area contributed by atoms with Crippen molar-refractivity contribution in [3.8, 4) is 0 Å². The fourth-order valence-electron chi connectivity index (χ4n) is 4.14. The van der Waals surface area contributed by atoms with Gasteiger partial charge in [-0.2, -0.15) is 0 Å². The van der Waals surface area contributed by atoms with E-state index in [0.29, 0.717) is 6.10 Å². The summed E-state index contributed by atoms with van der Waals surface area (Å²) in [5, 5.41) is 0. The van der Waals surface area contributed by atoms with Gasteiger partial charge >= 0.3 is 0 Å². The zero-order valence-corrected chi connectivity index (χ0v) is 13.6. The van der Waals surface area contributed by atoms with Crippen LogP contribution in [-0.2, 0) is 4.74 Å². The molecule has 4 nitrogen and oxygen atoms in total. The number of ether oxygens (including phenoxy) is 1. The Bertz CT molecular complexity index is 289. The third-order valence-electron chi connectivity index (χ3n) is 5.19. The van der Waals surface area contributed by atoms with E-state index in [2.05, 4.69) is 23.6 Å². The number of hydrogen-bond donors (Lipinski definition) is 1. The average Bonchev–Trinajstić information content (AvgIpc) is 2.47. The topological polar surface area (TPSA) is 41.7 Å². The summed E-state index contributed by atoms with van der Waals surface area (Å²) in [7, 11) is 1.86. The Morgan fingerprint density at radius 3 is 2.45 bits per heavy atom. The standard InChI is InChI=1S/C16H33N3O/c1-14(2)12-18-8-10-19(11-9-18)16(13-17)7-5-4-6-15(16)20-3/h14-15H,4-13,17H2,1-3H3. The molecule has 1 aliphatic carbocycles. The number of hydrogen-bond acceptors (Lipinski definition) is 4. The second-order valence-electron chi connectivity index (χ2n) is 6.96. The normalized spacial score (nSPS) is 33.8. The molecule has 0 spiro atoms. The Balaban J connectivity index is 1.98. The molecule has 0 aromatic rings. The molecule has 2 N–H and O–H groups in total. The maximum Gasteiger partial charge on any atom is 0.0767 e. The van der Waals surface area contributed by atoms with Crippen LogP contribution in [0.3, 0.4) is 0 Å². The smallest absolute Gasteiger partial charge is 0.0767 e. The molecule has 1 saturated carbocycles. The van der Waals surface area contributed by atoms with E-state index in [9.17, 15) is 0 Å². The van der Waals surface area contributed by atoms with Crippen molar-refractivity contribution in [1.82, 2.24) is 9.80 Å². The van der Waals surface area contributed by atoms with E-state index in [1.54, 1.807) is 0 Å². The van der Waals surface area contributed by atoms with E-state index in [4.69, 9.17) is 10.5 Å². The fourth-order valence-corrected chi connectivity index (χ4v) is 4.14. The van der Waals surface area contributed by atoms with E-state index in [-0.39, 0.29) is 5.54 Å². The first-order valence-corrected chi connectivity index (χ1v) is 8.32. The second-order valence-corrected chi connectivity index (χ2v) is 6.96. The van der Waals surface area contributed by atoms with Gasteiger partial charge in [0.1, 0.15) is 0 Å². The molecule has 2 unspecified atom stereocenters. The van der Waals surface area contributed by atoms with Gasteiger partial charge in [0.15, 0.2) is 0 Å². The molecule has 2 aliphatic rings. The van der Waals surface area contributed by atoms with Crippen molar-refractivity contribution >= 4 is 0 Å². The minimum atomic E-state index is 0.0942. The van der Waals surface area contributed by atoms with Crippen LogP contribution in [0.4, 0.5) is 0 Å². The highest BCUT2D eigenvalue weighted by Crippen LogP contribution is 2.35. The minimum Gasteiger partial charge on any atom is -0.379 e. The molecule has 1 saturated heterocycles. The highest BCUT2D eigenvalue weighted by Gasteiger charge is 2.45. The van der Waals surface area contributed by atoms with Crippen LogP contribution >= 0.6 is 0 Å². The molecule has 0 aromatic carbocycles. The zero-order valence-electron chi connectivity index (χ0n) is 13.6. The fraction of sp³-hybridized carbons (Fsp3) is 1.00. The van der Waals surface area contributed by atoms with E-state index in [1.807, 2.05) is 7.11 Å². The van der Waals surface area contributed by atoms with Gasteiger partial charge in [0.2, 0.25) is 0 Å². The Labute approximate surface area is 124 Å². The monoisotopic (exact) mass is 283 g/mol. The van der Waals surface area contributed by atoms with Gasteiger partial charge in [0, 0.05) is 46.4 Å². The first-order valence-electron chi connectivity index (χ1n) is 8.32. The maximum absolute atomic E-state index is 6.22. The molecular weight excluding hydrogens is 250 g/mol. The van der Waals surface area contributed by atoms with Gasteiger partial charge < -0.3 is 15.4 Å². The largest absolute Gasteiger partial charge is 0.379 e. The molecule has 1 aliphatic heterocycles. The van der Waals surface area contributed by atoms with Crippen molar-refractivity contribution in [3.63, 3.8) is 0 Å². The minimum absolute atomic E-state index is 0.0942. The molecule has 20 heavy (non-hydrogen) atoms. The summed E-state index contributed by atoms with van der Waals surface area (Å²) in [4.78, 5) is 5.23. The first-order chi connectivity index (χ1) is 9.62. The zero-order chi connectivity index (χ0) is 14.6. The van der Waals surface area contributed by atoms with Gasteiger partial charge in [-0.05, 0) is 18.8 Å². The van der Waals surface area contributed by atoms with Gasteiger partial charge in [-0.1, -0.05) is 26.7 Å². The molecule has 2 fully saturated rings. The number of methoxy groups -OCH3 is 1. The quantitative estimate of drug-likeness (QED) is 0.831. The van der Waals surface area contributed by atoms with E-state index in [1.165, 1.54) is 45.3 Å². The van der Waals surface area contributed by atoms with Crippen LogP contribution < -0.4 is 5.73 Å². The molecule has 2 atom stereocenters.